The van der Waals surface area contributed by atoms with Crippen LogP contribution in [0.15, 0.2) is 18.2 Å². The highest BCUT2D eigenvalue weighted by atomic mass is 15.1. The number of fused-ring (bicyclic) bond motifs is 1. The molecule has 1 heterocycles. The van der Waals surface area contributed by atoms with Crippen LogP contribution in [-0.2, 0) is 6.42 Å². The molecule has 1 aliphatic carbocycles. The smallest absolute Gasteiger partial charge is 0.0401 e. The van der Waals surface area contributed by atoms with Gasteiger partial charge in [-0.3, -0.25) is 0 Å². The third kappa shape index (κ3) is 2.47. The van der Waals surface area contributed by atoms with E-state index in [2.05, 4.69) is 17.0 Å². The molecule has 0 radical (unpaired) electrons. The average molecular weight is 244 g/mol. The van der Waals surface area contributed by atoms with Crippen LogP contribution in [-0.4, -0.2) is 13.1 Å². The molecule has 2 heteroatoms. The van der Waals surface area contributed by atoms with Gasteiger partial charge >= 0.3 is 0 Å². The van der Waals surface area contributed by atoms with Crippen molar-refractivity contribution in [2.45, 2.75) is 44.9 Å². The summed E-state index contributed by atoms with van der Waals surface area (Å²) in [6, 6.07) is 6.40. The maximum Gasteiger partial charge on any atom is 0.0401 e. The maximum absolute atomic E-state index is 5.85. The summed E-state index contributed by atoms with van der Waals surface area (Å²) in [7, 11) is 0. The SMILES string of the molecule is Nc1ccc2c(c1)CCN2CCC1CCCCC1. The second-order valence-electron chi connectivity index (χ2n) is 5.92. The minimum atomic E-state index is 0.905. The number of nitrogens with two attached hydrogens (primary N) is 1. The van der Waals surface area contributed by atoms with Crippen molar-refractivity contribution in [3.63, 3.8) is 0 Å². The van der Waals surface area contributed by atoms with Crippen LogP contribution in [0.2, 0.25) is 0 Å². The van der Waals surface area contributed by atoms with Crippen molar-refractivity contribution >= 4 is 11.4 Å². The van der Waals surface area contributed by atoms with Gasteiger partial charge in [-0.2, -0.15) is 0 Å². The van der Waals surface area contributed by atoms with Crippen molar-refractivity contribution in [3.05, 3.63) is 23.8 Å². The fourth-order valence-corrected chi connectivity index (χ4v) is 3.54. The van der Waals surface area contributed by atoms with Gasteiger partial charge in [-0.25, -0.2) is 0 Å². The first-order valence-electron chi connectivity index (χ1n) is 7.46. The molecule has 3 rings (SSSR count). The van der Waals surface area contributed by atoms with E-state index in [9.17, 15) is 0 Å². The van der Waals surface area contributed by atoms with Crippen molar-refractivity contribution in [2.75, 3.05) is 23.7 Å². The van der Waals surface area contributed by atoms with E-state index in [0.717, 1.165) is 11.6 Å². The summed E-state index contributed by atoms with van der Waals surface area (Å²) < 4.78 is 0. The van der Waals surface area contributed by atoms with Crippen LogP contribution in [0.3, 0.4) is 0 Å². The topological polar surface area (TPSA) is 29.3 Å². The summed E-state index contributed by atoms with van der Waals surface area (Å²) in [5.41, 5.74) is 9.63. The summed E-state index contributed by atoms with van der Waals surface area (Å²) in [6.45, 7) is 2.42. The van der Waals surface area contributed by atoms with Gasteiger partial charge in [-0.15, -0.1) is 0 Å². The molecule has 1 saturated carbocycles. The van der Waals surface area contributed by atoms with Crippen molar-refractivity contribution in [1.29, 1.82) is 0 Å². The Balaban J connectivity index is 1.59. The lowest BCUT2D eigenvalue weighted by Gasteiger charge is -2.26. The number of hydrogen-bond acceptors (Lipinski definition) is 2. The van der Waals surface area contributed by atoms with Gasteiger partial charge in [-0.1, -0.05) is 32.1 Å². The average Bonchev–Trinajstić information content (AvgIpc) is 2.80. The second kappa shape index (κ2) is 5.21. The zero-order valence-corrected chi connectivity index (χ0v) is 11.2. The first-order valence-corrected chi connectivity index (χ1v) is 7.46. The standard InChI is InChI=1S/C16H24N2/c17-15-6-7-16-14(12-15)9-11-18(16)10-8-13-4-2-1-3-5-13/h6-7,12-13H,1-5,8-11,17H2. The summed E-state index contributed by atoms with van der Waals surface area (Å²) in [5.74, 6) is 0.983. The third-order valence-corrected chi connectivity index (χ3v) is 4.63. The molecule has 0 aromatic heterocycles. The van der Waals surface area contributed by atoms with Gasteiger partial charge in [0.05, 0.1) is 0 Å². The molecule has 98 valence electrons. The first-order chi connectivity index (χ1) is 8.83. The van der Waals surface area contributed by atoms with Crippen molar-refractivity contribution < 1.29 is 0 Å². The Kier molecular flexibility index (Phi) is 3.44. The molecule has 1 fully saturated rings. The largest absolute Gasteiger partial charge is 0.399 e. The van der Waals surface area contributed by atoms with Crippen LogP contribution in [0.1, 0.15) is 44.1 Å². The van der Waals surface area contributed by atoms with Gasteiger partial charge in [0.1, 0.15) is 0 Å². The molecule has 1 aliphatic heterocycles. The van der Waals surface area contributed by atoms with Gasteiger partial charge in [0, 0.05) is 24.5 Å². The number of nitrogens with zero attached hydrogens (tertiary/aromatic N) is 1. The molecule has 0 bridgehead atoms. The number of hydrogen-bond donors (Lipinski definition) is 1. The fourth-order valence-electron chi connectivity index (χ4n) is 3.54. The van der Waals surface area contributed by atoms with E-state index in [1.807, 2.05) is 6.07 Å². The predicted octanol–water partition coefficient (Wildman–Crippen LogP) is 3.60. The summed E-state index contributed by atoms with van der Waals surface area (Å²) in [5, 5.41) is 0. The normalized spacial score (nSPS) is 20.1. The number of nitrogen functional groups attached to an aromatic ring is 1. The first kappa shape index (κ1) is 11.9. The van der Waals surface area contributed by atoms with E-state index < -0.39 is 0 Å². The Morgan fingerprint density at radius 1 is 1.17 bits per heavy atom. The molecule has 2 nitrogen and oxygen atoms in total. The van der Waals surface area contributed by atoms with Crippen LogP contribution in [0.5, 0.6) is 0 Å². The molecule has 0 spiro atoms. The Morgan fingerprint density at radius 3 is 2.83 bits per heavy atom. The van der Waals surface area contributed by atoms with Crippen LogP contribution >= 0.6 is 0 Å². The molecular weight excluding hydrogens is 220 g/mol. The van der Waals surface area contributed by atoms with E-state index in [-0.39, 0.29) is 0 Å². The number of rotatable bonds is 3. The minimum absolute atomic E-state index is 0.905. The Morgan fingerprint density at radius 2 is 2.00 bits per heavy atom. The van der Waals surface area contributed by atoms with Crippen LogP contribution in [0, 0.1) is 5.92 Å². The molecule has 2 N–H and O–H groups in total. The zero-order chi connectivity index (χ0) is 12.4. The molecule has 0 unspecified atom stereocenters. The highest BCUT2D eigenvalue weighted by molar-refractivity contribution is 5.62. The monoisotopic (exact) mass is 244 g/mol. The molecule has 2 aliphatic rings. The van der Waals surface area contributed by atoms with Gasteiger partial charge in [0.25, 0.3) is 0 Å². The highest BCUT2D eigenvalue weighted by Crippen LogP contribution is 2.32. The Hall–Kier alpha value is -1.18. The highest BCUT2D eigenvalue weighted by Gasteiger charge is 2.20. The van der Waals surface area contributed by atoms with Crippen molar-refractivity contribution in [3.8, 4) is 0 Å². The predicted molar refractivity (Wildman–Crippen MR) is 78.0 cm³/mol. The van der Waals surface area contributed by atoms with E-state index >= 15 is 0 Å². The van der Waals surface area contributed by atoms with Crippen LogP contribution in [0.25, 0.3) is 0 Å². The second-order valence-corrected chi connectivity index (χ2v) is 5.92. The van der Waals surface area contributed by atoms with E-state index in [4.69, 9.17) is 5.73 Å². The molecular formula is C16H24N2. The molecule has 18 heavy (non-hydrogen) atoms. The van der Waals surface area contributed by atoms with Crippen LogP contribution in [0.4, 0.5) is 11.4 Å². The van der Waals surface area contributed by atoms with E-state index in [1.165, 1.54) is 69.3 Å². The van der Waals surface area contributed by atoms with Crippen LogP contribution < -0.4 is 10.6 Å². The maximum atomic E-state index is 5.85. The van der Waals surface area contributed by atoms with Gasteiger partial charge in [0.2, 0.25) is 0 Å². The van der Waals surface area contributed by atoms with Gasteiger partial charge < -0.3 is 10.6 Å². The summed E-state index contributed by atoms with van der Waals surface area (Å²) in [6.07, 6.45) is 9.84. The quantitative estimate of drug-likeness (QED) is 0.823. The lowest BCUT2D eigenvalue weighted by atomic mass is 9.87. The number of anilines is 2. The lowest BCUT2D eigenvalue weighted by Crippen LogP contribution is -2.24. The summed E-state index contributed by atoms with van der Waals surface area (Å²) in [4.78, 5) is 2.56. The Bertz CT molecular complexity index is 408. The third-order valence-electron chi connectivity index (χ3n) is 4.63. The zero-order valence-electron chi connectivity index (χ0n) is 11.2. The van der Waals surface area contributed by atoms with E-state index in [0.29, 0.717) is 0 Å². The van der Waals surface area contributed by atoms with Gasteiger partial charge in [0.15, 0.2) is 0 Å². The fraction of sp³-hybridized carbons (Fsp3) is 0.625. The Labute approximate surface area is 110 Å². The summed E-state index contributed by atoms with van der Waals surface area (Å²) >= 11 is 0. The van der Waals surface area contributed by atoms with Crippen molar-refractivity contribution in [1.82, 2.24) is 0 Å². The number of benzene rings is 1. The van der Waals surface area contributed by atoms with Gasteiger partial charge in [-0.05, 0) is 42.5 Å². The van der Waals surface area contributed by atoms with Crippen molar-refractivity contribution in [2.24, 2.45) is 5.92 Å². The molecule has 1 aromatic carbocycles. The molecule has 0 atom stereocenters. The molecule has 0 amide bonds. The molecule has 1 aromatic rings. The lowest BCUT2D eigenvalue weighted by molar-refractivity contribution is 0.340. The minimum Gasteiger partial charge on any atom is -0.399 e. The molecule has 0 saturated heterocycles. The van der Waals surface area contributed by atoms with E-state index in [1.54, 1.807) is 0 Å².